The Morgan fingerprint density at radius 1 is 1.15 bits per heavy atom. The van der Waals surface area contributed by atoms with Crippen molar-refractivity contribution in [1.82, 2.24) is 10.6 Å². The second-order valence-electron chi connectivity index (χ2n) is 6.41. The molecule has 6 nitrogen and oxygen atoms in total. The number of ether oxygens (including phenoxy) is 1. The number of rotatable bonds is 6. The number of amides is 1. The van der Waals surface area contributed by atoms with Crippen molar-refractivity contribution in [2.24, 2.45) is 0 Å². The molecule has 26 heavy (non-hydrogen) atoms. The zero-order valence-corrected chi connectivity index (χ0v) is 14.5. The molecular formula is C20H24N2O4. The fourth-order valence-corrected chi connectivity index (χ4v) is 2.98. The van der Waals surface area contributed by atoms with E-state index in [1.54, 1.807) is 0 Å². The Morgan fingerprint density at radius 2 is 1.96 bits per heavy atom. The second kappa shape index (κ2) is 8.80. The summed E-state index contributed by atoms with van der Waals surface area (Å²) in [6.07, 6.45) is -1.91. The van der Waals surface area contributed by atoms with Crippen molar-refractivity contribution >= 4 is 6.09 Å². The molecule has 4 N–H and O–H groups in total. The zero-order valence-electron chi connectivity index (χ0n) is 14.5. The van der Waals surface area contributed by atoms with Crippen molar-refractivity contribution in [3.8, 4) is 0 Å². The van der Waals surface area contributed by atoms with Gasteiger partial charge in [-0.15, -0.1) is 0 Å². The monoisotopic (exact) mass is 356 g/mol. The summed E-state index contributed by atoms with van der Waals surface area (Å²) in [4.78, 5) is 11.7. The van der Waals surface area contributed by atoms with Gasteiger partial charge in [0.25, 0.3) is 0 Å². The number of nitrogens with one attached hydrogen (secondary N) is 2. The van der Waals surface area contributed by atoms with Crippen molar-refractivity contribution in [3.63, 3.8) is 0 Å². The van der Waals surface area contributed by atoms with E-state index in [1.165, 1.54) is 11.1 Å². The van der Waals surface area contributed by atoms with Crippen molar-refractivity contribution in [1.29, 1.82) is 0 Å². The Kier molecular flexibility index (Phi) is 6.22. The molecule has 2 aromatic rings. The highest BCUT2D eigenvalue weighted by molar-refractivity contribution is 5.67. The average Bonchev–Trinajstić information content (AvgIpc) is 2.70. The molecule has 0 spiro atoms. The van der Waals surface area contributed by atoms with Crippen LogP contribution in [0.1, 0.15) is 28.4 Å². The number of carbonyl (C=O) groups excluding carboxylic acids is 1. The summed E-state index contributed by atoms with van der Waals surface area (Å²) >= 11 is 0. The Labute approximate surface area is 152 Å². The van der Waals surface area contributed by atoms with E-state index in [2.05, 4.69) is 10.6 Å². The minimum absolute atomic E-state index is 0.0899. The summed E-state index contributed by atoms with van der Waals surface area (Å²) in [6.45, 7) is 1.80. The Morgan fingerprint density at radius 3 is 2.77 bits per heavy atom. The van der Waals surface area contributed by atoms with Gasteiger partial charge in [-0.3, -0.25) is 0 Å². The molecule has 0 radical (unpaired) electrons. The van der Waals surface area contributed by atoms with E-state index in [0.29, 0.717) is 5.56 Å². The van der Waals surface area contributed by atoms with Gasteiger partial charge in [0.15, 0.2) is 0 Å². The fraction of sp³-hybridized carbons (Fsp3) is 0.350. The first kappa shape index (κ1) is 18.4. The van der Waals surface area contributed by atoms with Crippen LogP contribution in [0.5, 0.6) is 0 Å². The first-order chi connectivity index (χ1) is 12.6. The van der Waals surface area contributed by atoms with Gasteiger partial charge in [-0.25, -0.2) is 4.79 Å². The van der Waals surface area contributed by atoms with Crippen LogP contribution in [0.25, 0.3) is 0 Å². The number of fused-ring (bicyclic) bond motifs is 1. The molecule has 1 aliphatic rings. The van der Waals surface area contributed by atoms with Crippen LogP contribution in [-0.4, -0.2) is 35.5 Å². The number of benzene rings is 2. The number of hydrogen-bond donors (Lipinski definition) is 4. The third kappa shape index (κ3) is 4.82. The minimum atomic E-state index is -1.11. The van der Waals surface area contributed by atoms with Gasteiger partial charge in [0, 0.05) is 13.1 Å². The van der Waals surface area contributed by atoms with Gasteiger partial charge in [0.05, 0.1) is 0 Å². The second-order valence-corrected chi connectivity index (χ2v) is 6.41. The molecule has 138 valence electrons. The number of hydrogen-bond acceptors (Lipinski definition) is 5. The van der Waals surface area contributed by atoms with Crippen LogP contribution in [0.3, 0.4) is 0 Å². The normalized spacial score (nSPS) is 15.6. The molecular weight excluding hydrogens is 332 g/mol. The van der Waals surface area contributed by atoms with Crippen molar-refractivity contribution in [2.45, 2.75) is 31.8 Å². The number of aliphatic hydroxyl groups excluding tert-OH is 2. The quantitative estimate of drug-likeness (QED) is 0.632. The third-order valence-electron chi connectivity index (χ3n) is 4.49. The summed E-state index contributed by atoms with van der Waals surface area (Å²) < 4.78 is 5.09. The maximum Gasteiger partial charge on any atom is 0.407 e. The van der Waals surface area contributed by atoms with Crippen LogP contribution >= 0.6 is 0 Å². The predicted octanol–water partition coefficient (Wildman–Crippen LogP) is 1.65. The Hall–Kier alpha value is -2.41. The molecule has 3 rings (SSSR count). The van der Waals surface area contributed by atoms with Crippen LogP contribution in [0.4, 0.5) is 4.79 Å². The van der Waals surface area contributed by atoms with E-state index in [-0.39, 0.29) is 13.2 Å². The standard InChI is InChI=1S/C20H24N2O4/c23-18(12-22-20(25)26-13-14-4-2-1-3-5-14)19(24)16-6-7-17-11-21-9-8-15(17)10-16/h1-7,10,18-19,21,23-24H,8-9,11-13H2,(H,22,25). The summed E-state index contributed by atoms with van der Waals surface area (Å²) in [5.41, 5.74) is 3.93. The van der Waals surface area contributed by atoms with E-state index in [0.717, 1.165) is 25.1 Å². The first-order valence-corrected chi connectivity index (χ1v) is 8.76. The van der Waals surface area contributed by atoms with Crippen LogP contribution in [0.2, 0.25) is 0 Å². The number of aliphatic hydroxyl groups is 2. The Bertz CT molecular complexity index is 736. The van der Waals surface area contributed by atoms with Crippen LogP contribution < -0.4 is 10.6 Å². The summed E-state index contributed by atoms with van der Waals surface area (Å²) in [5.74, 6) is 0. The molecule has 1 heterocycles. The predicted molar refractivity (Wildman–Crippen MR) is 97.4 cm³/mol. The lowest BCUT2D eigenvalue weighted by atomic mass is 9.95. The van der Waals surface area contributed by atoms with Gasteiger partial charge in [-0.05, 0) is 35.2 Å². The molecule has 0 aliphatic carbocycles. The van der Waals surface area contributed by atoms with E-state index in [4.69, 9.17) is 4.74 Å². The molecule has 1 aliphatic heterocycles. The molecule has 6 heteroatoms. The molecule has 0 aromatic heterocycles. The van der Waals surface area contributed by atoms with Gasteiger partial charge < -0.3 is 25.6 Å². The maximum absolute atomic E-state index is 11.7. The van der Waals surface area contributed by atoms with Gasteiger partial charge in [0.1, 0.15) is 18.8 Å². The largest absolute Gasteiger partial charge is 0.445 e. The molecule has 2 unspecified atom stereocenters. The molecule has 2 atom stereocenters. The lowest BCUT2D eigenvalue weighted by Gasteiger charge is -2.22. The maximum atomic E-state index is 11.7. The van der Waals surface area contributed by atoms with E-state index < -0.39 is 18.3 Å². The van der Waals surface area contributed by atoms with Gasteiger partial charge in [-0.2, -0.15) is 0 Å². The first-order valence-electron chi connectivity index (χ1n) is 8.76. The highest BCUT2D eigenvalue weighted by Gasteiger charge is 2.21. The molecule has 0 saturated carbocycles. The number of carbonyl (C=O) groups is 1. The smallest absolute Gasteiger partial charge is 0.407 e. The third-order valence-corrected chi connectivity index (χ3v) is 4.49. The van der Waals surface area contributed by atoms with Gasteiger partial charge >= 0.3 is 6.09 Å². The zero-order chi connectivity index (χ0) is 18.4. The molecule has 0 fully saturated rings. The average molecular weight is 356 g/mol. The highest BCUT2D eigenvalue weighted by Crippen LogP contribution is 2.22. The Balaban J connectivity index is 1.48. The van der Waals surface area contributed by atoms with Gasteiger partial charge in [-0.1, -0.05) is 48.5 Å². The molecule has 1 amide bonds. The fourth-order valence-electron chi connectivity index (χ4n) is 2.98. The molecule has 2 aromatic carbocycles. The van der Waals surface area contributed by atoms with Crippen LogP contribution in [0, 0.1) is 0 Å². The molecule has 0 saturated heterocycles. The lowest BCUT2D eigenvalue weighted by Crippen LogP contribution is -2.36. The molecule has 0 bridgehead atoms. The summed E-state index contributed by atoms with van der Waals surface area (Å²) in [5, 5.41) is 26.3. The minimum Gasteiger partial charge on any atom is -0.445 e. The van der Waals surface area contributed by atoms with E-state index in [9.17, 15) is 15.0 Å². The van der Waals surface area contributed by atoms with Crippen LogP contribution in [0.15, 0.2) is 48.5 Å². The van der Waals surface area contributed by atoms with Gasteiger partial charge in [0.2, 0.25) is 0 Å². The van der Waals surface area contributed by atoms with Crippen molar-refractivity contribution in [3.05, 3.63) is 70.8 Å². The van der Waals surface area contributed by atoms with Crippen LogP contribution in [-0.2, 0) is 24.3 Å². The topological polar surface area (TPSA) is 90.8 Å². The van der Waals surface area contributed by atoms with Crippen molar-refractivity contribution < 1.29 is 19.7 Å². The number of alkyl carbamates (subject to hydrolysis) is 1. The SMILES string of the molecule is O=C(NCC(O)C(O)c1ccc2c(c1)CCNC2)OCc1ccccc1. The lowest BCUT2D eigenvalue weighted by molar-refractivity contribution is 0.0183. The highest BCUT2D eigenvalue weighted by atomic mass is 16.5. The van der Waals surface area contributed by atoms with Crippen molar-refractivity contribution in [2.75, 3.05) is 13.1 Å². The summed E-state index contributed by atoms with van der Waals surface area (Å²) in [7, 11) is 0. The van der Waals surface area contributed by atoms with E-state index >= 15 is 0 Å². The summed E-state index contributed by atoms with van der Waals surface area (Å²) in [6, 6.07) is 15.0. The van der Waals surface area contributed by atoms with E-state index in [1.807, 2.05) is 48.5 Å².